The zero-order valence-corrected chi connectivity index (χ0v) is 13.7. The van der Waals surface area contributed by atoms with Gasteiger partial charge in [0.2, 0.25) is 0 Å². The van der Waals surface area contributed by atoms with Crippen LogP contribution in [-0.4, -0.2) is 38.8 Å². The Kier molecular flexibility index (Phi) is 10.4. The predicted octanol–water partition coefficient (Wildman–Crippen LogP) is 2.00. The highest BCUT2D eigenvalue weighted by atomic mass is 35.5. The maximum atomic E-state index is 11.8. The second kappa shape index (κ2) is 11.2. The van der Waals surface area contributed by atoms with Crippen LogP contribution < -0.4 is 20.1 Å². The van der Waals surface area contributed by atoms with Gasteiger partial charge in [-0.15, -0.1) is 12.4 Å². The molecule has 1 aromatic carbocycles. The van der Waals surface area contributed by atoms with Gasteiger partial charge in [-0.3, -0.25) is 4.79 Å². The van der Waals surface area contributed by atoms with Gasteiger partial charge in [0.05, 0.1) is 7.11 Å². The van der Waals surface area contributed by atoms with E-state index in [9.17, 15) is 4.79 Å². The maximum Gasteiger partial charge on any atom is 0.260 e. The Morgan fingerprint density at radius 2 is 1.76 bits per heavy atom. The number of hydrogen-bond donors (Lipinski definition) is 2. The van der Waals surface area contributed by atoms with Crippen molar-refractivity contribution < 1.29 is 14.3 Å². The normalized spacial score (nSPS) is 11.2. The highest BCUT2D eigenvalue weighted by Crippen LogP contribution is 2.18. The number of benzene rings is 1. The van der Waals surface area contributed by atoms with Crippen LogP contribution in [0.4, 0.5) is 0 Å². The molecule has 0 radical (unpaired) electrons. The van der Waals surface area contributed by atoms with E-state index in [0.717, 1.165) is 25.3 Å². The fourth-order valence-corrected chi connectivity index (χ4v) is 1.63. The van der Waals surface area contributed by atoms with Crippen molar-refractivity contribution in [2.45, 2.75) is 26.4 Å². The second-order valence-corrected chi connectivity index (χ2v) is 4.48. The summed E-state index contributed by atoms with van der Waals surface area (Å²) in [7, 11) is 1.61. The lowest BCUT2D eigenvalue weighted by molar-refractivity contribution is -0.127. The first-order chi connectivity index (χ1) is 9.67. The molecule has 5 nitrogen and oxygen atoms in total. The van der Waals surface area contributed by atoms with Crippen molar-refractivity contribution in [2.24, 2.45) is 0 Å². The van der Waals surface area contributed by atoms with E-state index < -0.39 is 6.10 Å². The van der Waals surface area contributed by atoms with E-state index in [1.165, 1.54) is 0 Å². The average molecular weight is 317 g/mol. The summed E-state index contributed by atoms with van der Waals surface area (Å²) < 4.78 is 10.6. The molecule has 1 unspecified atom stereocenters. The Bertz CT molecular complexity index is 398. The molecule has 0 aliphatic heterocycles. The second-order valence-electron chi connectivity index (χ2n) is 4.48. The Balaban J connectivity index is 0.00000400. The molecule has 0 spiro atoms. The molecule has 120 valence electrons. The molecule has 6 heteroatoms. The number of ether oxygens (including phenoxy) is 2. The zero-order chi connectivity index (χ0) is 14.8. The monoisotopic (exact) mass is 316 g/mol. The van der Waals surface area contributed by atoms with E-state index in [-0.39, 0.29) is 18.3 Å². The minimum atomic E-state index is -0.519. The Labute approximate surface area is 132 Å². The Morgan fingerprint density at radius 3 is 2.33 bits per heavy atom. The van der Waals surface area contributed by atoms with Gasteiger partial charge in [-0.05, 0) is 44.2 Å². The molecule has 2 N–H and O–H groups in total. The van der Waals surface area contributed by atoms with E-state index in [1.807, 2.05) is 0 Å². The van der Waals surface area contributed by atoms with Crippen LogP contribution in [0.25, 0.3) is 0 Å². The lowest BCUT2D eigenvalue weighted by atomic mass is 10.3. The maximum absolute atomic E-state index is 11.8. The first kappa shape index (κ1) is 19.5. The number of amides is 1. The number of rotatable bonds is 9. The molecule has 1 atom stereocenters. The first-order valence-electron chi connectivity index (χ1n) is 6.96. The van der Waals surface area contributed by atoms with Crippen molar-refractivity contribution in [1.29, 1.82) is 0 Å². The molecule has 0 heterocycles. The topological polar surface area (TPSA) is 59.6 Å². The number of hydrogen-bond acceptors (Lipinski definition) is 4. The summed E-state index contributed by atoms with van der Waals surface area (Å²) in [5, 5.41) is 6.06. The summed E-state index contributed by atoms with van der Waals surface area (Å²) in [6.45, 7) is 6.19. The number of carbonyl (C=O) groups is 1. The van der Waals surface area contributed by atoms with Gasteiger partial charge in [0.1, 0.15) is 11.5 Å². The molecule has 0 saturated carbocycles. The van der Waals surface area contributed by atoms with Crippen LogP contribution in [0, 0.1) is 0 Å². The molecule has 21 heavy (non-hydrogen) atoms. The Hall–Kier alpha value is -1.46. The van der Waals surface area contributed by atoms with Crippen LogP contribution in [0.1, 0.15) is 20.3 Å². The average Bonchev–Trinajstić information content (AvgIpc) is 2.47. The van der Waals surface area contributed by atoms with E-state index in [0.29, 0.717) is 12.3 Å². The smallest absolute Gasteiger partial charge is 0.260 e. The van der Waals surface area contributed by atoms with Crippen LogP contribution in [-0.2, 0) is 4.79 Å². The molecular formula is C15H25ClN2O3. The SMILES string of the molecule is CCCNCCNC(=O)C(C)Oc1ccc(OC)cc1.Cl. The van der Waals surface area contributed by atoms with Gasteiger partial charge in [-0.1, -0.05) is 6.92 Å². The highest BCUT2D eigenvalue weighted by molar-refractivity contribution is 5.85. The highest BCUT2D eigenvalue weighted by Gasteiger charge is 2.13. The first-order valence-corrected chi connectivity index (χ1v) is 6.96. The van der Waals surface area contributed by atoms with Gasteiger partial charge in [0.15, 0.2) is 6.10 Å². The van der Waals surface area contributed by atoms with Crippen molar-refractivity contribution in [3.8, 4) is 11.5 Å². The number of carbonyl (C=O) groups excluding carboxylic acids is 1. The Morgan fingerprint density at radius 1 is 1.14 bits per heavy atom. The minimum Gasteiger partial charge on any atom is -0.497 e. The van der Waals surface area contributed by atoms with E-state index in [2.05, 4.69) is 17.6 Å². The molecule has 1 aromatic rings. The molecule has 0 aliphatic rings. The van der Waals surface area contributed by atoms with E-state index >= 15 is 0 Å². The quantitative estimate of drug-likeness (QED) is 0.684. The van der Waals surface area contributed by atoms with Crippen molar-refractivity contribution in [2.75, 3.05) is 26.7 Å². The molecule has 0 fully saturated rings. The van der Waals surface area contributed by atoms with Crippen molar-refractivity contribution in [3.63, 3.8) is 0 Å². The fraction of sp³-hybridized carbons (Fsp3) is 0.533. The molecule has 1 amide bonds. The third kappa shape index (κ3) is 7.78. The van der Waals surface area contributed by atoms with E-state index in [4.69, 9.17) is 9.47 Å². The summed E-state index contributed by atoms with van der Waals surface area (Å²) in [6.07, 6.45) is 0.569. The number of halogens is 1. The number of nitrogens with one attached hydrogen (secondary N) is 2. The largest absolute Gasteiger partial charge is 0.497 e. The molecule has 0 saturated heterocycles. The third-order valence-electron chi connectivity index (χ3n) is 2.77. The van der Waals surface area contributed by atoms with E-state index in [1.54, 1.807) is 38.3 Å². The molecule has 0 bridgehead atoms. The van der Waals surface area contributed by atoms with Gasteiger partial charge in [-0.2, -0.15) is 0 Å². The van der Waals surface area contributed by atoms with Crippen LogP contribution in [0.5, 0.6) is 11.5 Å². The molecule has 0 aromatic heterocycles. The van der Waals surface area contributed by atoms with Crippen molar-refractivity contribution >= 4 is 18.3 Å². The number of methoxy groups -OCH3 is 1. The minimum absolute atomic E-state index is 0. The fourth-order valence-electron chi connectivity index (χ4n) is 1.63. The van der Waals surface area contributed by atoms with Crippen LogP contribution in [0.2, 0.25) is 0 Å². The van der Waals surface area contributed by atoms with Gasteiger partial charge in [0, 0.05) is 13.1 Å². The van der Waals surface area contributed by atoms with Crippen molar-refractivity contribution in [1.82, 2.24) is 10.6 Å². The van der Waals surface area contributed by atoms with Crippen LogP contribution >= 0.6 is 12.4 Å². The summed E-state index contributed by atoms with van der Waals surface area (Å²) >= 11 is 0. The summed E-state index contributed by atoms with van der Waals surface area (Å²) in [6, 6.07) is 7.17. The predicted molar refractivity (Wildman–Crippen MR) is 86.5 cm³/mol. The summed E-state index contributed by atoms with van der Waals surface area (Å²) in [5.74, 6) is 1.30. The zero-order valence-electron chi connectivity index (χ0n) is 12.8. The van der Waals surface area contributed by atoms with Gasteiger partial charge in [-0.25, -0.2) is 0 Å². The van der Waals surface area contributed by atoms with Gasteiger partial charge in [0.25, 0.3) is 5.91 Å². The summed E-state index contributed by atoms with van der Waals surface area (Å²) in [5.41, 5.74) is 0. The van der Waals surface area contributed by atoms with Gasteiger partial charge < -0.3 is 20.1 Å². The van der Waals surface area contributed by atoms with Gasteiger partial charge >= 0.3 is 0 Å². The molecule has 0 aliphatic carbocycles. The molecular weight excluding hydrogens is 292 g/mol. The lowest BCUT2D eigenvalue weighted by Gasteiger charge is -2.15. The summed E-state index contributed by atoms with van der Waals surface area (Å²) in [4.78, 5) is 11.8. The standard InChI is InChI=1S/C15H24N2O3.ClH/c1-4-9-16-10-11-17-15(18)12(2)20-14-7-5-13(19-3)6-8-14;/h5-8,12,16H,4,9-11H2,1-3H3,(H,17,18);1H. The lowest BCUT2D eigenvalue weighted by Crippen LogP contribution is -2.39. The van der Waals surface area contributed by atoms with Crippen LogP contribution in [0.3, 0.4) is 0 Å². The van der Waals surface area contributed by atoms with Crippen molar-refractivity contribution in [3.05, 3.63) is 24.3 Å². The third-order valence-corrected chi connectivity index (χ3v) is 2.77. The van der Waals surface area contributed by atoms with Crippen LogP contribution in [0.15, 0.2) is 24.3 Å². The molecule has 1 rings (SSSR count).